The van der Waals surface area contributed by atoms with Crippen molar-refractivity contribution in [2.75, 3.05) is 33.0 Å². The number of carbonyl (C=O) groups is 2. The van der Waals surface area contributed by atoms with Crippen LogP contribution in [0.5, 0.6) is 0 Å². The van der Waals surface area contributed by atoms with Crippen molar-refractivity contribution >= 4 is 19.5 Å². The normalized spacial score (nSPS) is 29.9. The van der Waals surface area contributed by atoms with E-state index in [2.05, 4.69) is 5.32 Å². The van der Waals surface area contributed by atoms with Gasteiger partial charge in [-0.3, -0.25) is 19.6 Å². The summed E-state index contributed by atoms with van der Waals surface area (Å²) in [7, 11) is -1.86. The fourth-order valence-corrected chi connectivity index (χ4v) is 4.82. The van der Waals surface area contributed by atoms with Crippen LogP contribution in [0.15, 0.2) is 0 Å². The predicted molar refractivity (Wildman–Crippen MR) is 90.7 cm³/mol. The first-order valence-corrected chi connectivity index (χ1v) is 10.4. The van der Waals surface area contributed by atoms with Crippen LogP contribution < -0.4 is 5.32 Å². The van der Waals surface area contributed by atoms with Crippen molar-refractivity contribution in [3.63, 3.8) is 0 Å². The minimum Gasteiger partial charge on any atom is -0.388 e. The quantitative estimate of drug-likeness (QED) is 0.548. The van der Waals surface area contributed by atoms with Gasteiger partial charge in [0.2, 0.25) is 5.91 Å². The molecule has 0 aromatic carbocycles. The zero-order valence-corrected chi connectivity index (χ0v) is 16.1. The highest BCUT2D eigenvalue weighted by molar-refractivity contribution is 7.53. The van der Waals surface area contributed by atoms with Gasteiger partial charge in [0, 0.05) is 20.1 Å². The highest BCUT2D eigenvalue weighted by Crippen LogP contribution is 2.49. The highest BCUT2D eigenvalue weighted by atomic mass is 31.2. The molecule has 3 amide bonds. The van der Waals surface area contributed by atoms with E-state index in [1.165, 1.54) is 12.0 Å². The van der Waals surface area contributed by atoms with Gasteiger partial charge in [-0.2, -0.15) is 0 Å². The summed E-state index contributed by atoms with van der Waals surface area (Å²) in [4.78, 5) is 24.7. The lowest BCUT2D eigenvalue weighted by Gasteiger charge is -2.33. The molecule has 2 aliphatic heterocycles. The smallest absolute Gasteiger partial charge is 0.330 e. The van der Waals surface area contributed by atoms with Crippen LogP contribution in [-0.2, 0) is 27.9 Å². The van der Waals surface area contributed by atoms with E-state index in [0.29, 0.717) is 0 Å². The molecule has 2 rings (SSSR count). The second-order valence-corrected chi connectivity index (χ2v) is 8.20. The molecule has 10 nitrogen and oxygen atoms in total. The fourth-order valence-electron chi connectivity index (χ4n) is 3.13. The van der Waals surface area contributed by atoms with Crippen LogP contribution in [0, 0.1) is 0 Å². The van der Waals surface area contributed by atoms with Gasteiger partial charge in [0.1, 0.15) is 12.2 Å². The van der Waals surface area contributed by atoms with Crippen molar-refractivity contribution in [1.82, 2.24) is 10.2 Å². The standard InChI is InChI=1S/C15H27N2O8P/c1-4-23-26(21,24-5-2)9-7-10-12(19)13(22-3)14(25-10)17-8-6-11(18)16-15(17)20/h10,12-14,19H,4-9H2,1-3H3,(H,16,18,20)/t10-,12-,13-,14-/m1/s1. The Morgan fingerprint density at radius 3 is 2.50 bits per heavy atom. The largest absolute Gasteiger partial charge is 0.388 e. The van der Waals surface area contributed by atoms with Crippen LogP contribution in [0.4, 0.5) is 4.79 Å². The topological polar surface area (TPSA) is 124 Å². The summed E-state index contributed by atoms with van der Waals surface area (Å²) in [6, 6.07) is -0.588. The van der Waals surface area contributed by atoms with Crippen LogP contribution in [0.3, 0.4) is 0 Å². The molecule has 0 spiro atoms. The summed E-state index contributed by atoms with van der Waals surface area (Å²) >= 11 is 0. The first kappa shape index (κ1) is 21.3. The number of hydrogen-bond acceptors (Lipinski definition) is 8. The molecule has 0 bridgehead atoms. The molecule has 0 unspecified atom stereocenters. The zero-order chi connectivity index (χ0) is 19.3. The molecule has 26 heavy (non-hydrogen) atoms. The fraction of sp³-hybridized carbons (Fsp3) is 0.867. The number of nitrogens with zero attached hydrogens (tertiary/aromatic N) is 1. The second-order valence-electron chi connectivity index (χ2n) is 6.01. The summed E-state index contributed by atoms with van der Waals surface area (Å²) in [5.74, 6) is -0.357. The van der Waals surface area contributed by atoms with Crippen molar-refractivity contribution in [3.8, 4) is 0 Å². The Labute approximate surface area is 152 Å². The number of imide groups is 1. The molecule has 4 atom stereocenters. The summed E-state index contributed by atoms with van der Waals surface area (Å²) in [6.07, 6.45) is -2.92. The van der Waals surface area contributed by atoms with Crippen LogP contribution in [0.25, 0.3) is 0 Å². The van der Waals surface area contributed by atoms with Crippen molar-refractivity contribution in [3.05, 3.63) is 0 Å². The van der Waals surface area contributed by atoms with Crippen molar-refractivity contribution in [1.29, 1.82) is 0 Å². The molecular weight excluding hydrogens is 367 g/mol. The lowest BCUT2D eigenvalue weighted by atomic mass is 10.1. The summed E-state index contributed by atoms with van der Waals surface area (Å²) in [5.41, 5.74) is 0. The third-order valence-corrected chi connectivity index (χ3v) is 6.43. The van der Waals surface area contributed by atoms with E-state index in [0.717, 1.165) is 0 Å². The minimum absolute atomic E-state index is 0.0737. The number of aliphatic hydroxyl groups is 1. The van der Waals surface area contributed by atoms with Crippen LogP contribution in [0.2, 0.25) is 0 Å². The van der Waals surface area contributed by atoms with Gasteiger partial charge < -0.3 is 23.6 Å². The molecule has 2 fully saturated rings. The Bertz CT molecular complexity index is 550. The number of nitrogens with one attached hydrogen (secondary N) is 1. The average Bonchev–Trinajstić information content (AvgIpc) is 2.89. The SMILES string of the molecule is CCOP(=O)(CC[C@H]1O[C@@H](N2CCC(=O)NC2=O)[C@H](OC)[C@@H]1O)OCC. The number of aliphatic hydroxyl groups excluding tert-OH is 1. The first-order chi connectivity index (χ1) is 12.3. The Morgan fingerprint density at radius 1 is 1.31 bits per heavy atom. The maximum Gasteiger partial charge on any atom is 0.330 e. The number of hydrogen-bond donors (Lipinski definition) is 2. The Hall–Kier alpha value is -1.03. The lowest BCUT2D eigenvalue weighted by molar-refractivity contribution is -0.125. The lowest BCUT2D eigenvalue weighted by Crippen LogP contribution is -2.56. The Balaban J connectivity index is 2.03. The average molecular weight is 394 g/mol. The van der Waals surface area contributed by atoms with E-state index in [4.69, 9.17) is 18.5 Å². The highest BCUT2D eigenvalue weighted by Gasteiger charge is 2.49. The van der Waals surface area contributed by atoms with Crippen LogP contribution >= 0.6 is 7.60 Å². The van der Waals surface area contributed by atoms with Crippen molar-refractivity contribution < 1.29 is 37.8 Å². The third-order valence-electron chi connectivity index (χ3n) is 4.32. The summed E-state index contributed by atoms with van der Waals surface area (Å²) in [5, 5.41) is 12.7. The van der Waals surface area contributed by atoms with Gasteiger partial charge in [-0.25, -0.2) is 4.79 Å². The zero-order valence-electron chi connectivity index (χ0n) is 15.3. The molecule has 0 aromatic rings. The van der Waals surface area contributed by atoms with Crippen LogP contribution in [0.1, 0.15) is 26.7 Å². The van der Waals surface area contributed by atoms with E-state index in [-0.39, 0.29) is 44.7 Å². The third kappa shape index (κ3) is 4.82. The van der Waals surface area contributed by atoms with Crippen LogP contribution in [-0.4, -0.2) is 79.5 Å². The monoisotopic (exact) mass is 394 g/mol. The van der Waals surface area contributed by atoms with Gasteiger partial charge in [-0.05, 0) is 20.3 Å². The van der Waals surface area contributed by atoms with Gasteiger partial charge >= 0.3 is 13.6 Å². The molecule has 2 saturated heterocycles. The molecule has 0 aliphatic carbocycles. The Morgan fingerprint density at radius 2 is 1.96 bits per heavy atom. The maximum atomic E-state index is 12.6. The number of rotatable bonds is 9. The molecule has 150 valence electrons. The van der Waals surface area contributed by atoms with Crippen molar-refractivity contribution in [2.45, 2.75) is 51.2 Å². The number of ether oxygens (including phenoxy) is 2. The molecule has 0 aromatic heterocycles. The van der Waals surface area contributed by atoms with Gasteiger partial charge in [0.05, 0.1) is 25.5 Å². The molecule has 0 radical (unpaired) electrons. The van der Waals surface area contributed by atoms with Crippen molar-refractivity contribution in [2.24, 2.45) is 0 Å². The number of carbonyl (C=O) groups excluding carboxylic acids is 2. The molecule has 0 saturated carbocycles. The summed E-state index contributed by atoms with van der Waals surface area (Å²) < 4.78 is 34.2. The number of methoxy groups -OCH3 is 1. The molecular formula is C15H27N2O8P. The molecule has 11 heteroatoms. The Kier molecular flexibility index (Phi) is 7.57. The molecule has 2 aliphatic rings. The van der Waals surface area contributed by atoms with E-state index >= 15 is 0 Å². The van der Waals surface area contributed by atoms with E-state index in [9.17, 15) is 19.3 Å². The number of urea groups is 1. The second kappa shape index (κ2) is 9.25. The minimum atomic E-state index is -3.27. The van der Waals surface area contributed by atoms with E-state index in [1.807, 2.05) is 0 Å². The maximum absolute atomic E-state index is 12.6. The van der Waals surface area contributed by atoms with Gasteiger partial charge in [-0.15, -0.1) is 0 Å². The van der Waals surface area contributed by atoms with E-state index < -0.39 is 38.2 Å². The predicted octanol–water partition coefficient (Wildman–Crippen LogP) is 0.685. The molecule has 2 N–H and O–H groups in total. The van der Waals surface area contributed by atoms with Gasteiger partial charge in [0.15, 0.2) is 6.23 Å². The summed E-state index contributed by atoms with van der Waals surface area (Å²) in [6.45, 7) is 4.11. The molecule has 2 heterocycles. The van der Waals surface area contributed by atoms with Gasteiger partial charge in [-0.1, -0.05) is 0 Å². The van der Waals surface area contributed by atoms with E-state index in [1.54, 1.807) is 13.8 Å². The first-order valence-electron chi connectivity index (χ1n) is 8.70. The number of amides is 3. The van der Waals surface area contributed by atoms with Gasteiger partial charge in [0.25, 0.3) is 0 Å².